The molecular weight excluding hydrogens is 272 g/mol. The fourth-order valence-corrected chi connectivity index (χ4v) is 2.34. The molecule has 2 aromatic carbocycles. The van der Waals surface area contributed by atoms with Gasteiger partial charge in [-0.2, -0.15) is 0 Å². The maximum absolute atomic E-state index is 11.9. The van der Waals surface area contributed by atoms with Crippen LogP contribution in [0, 0.1) is 0 Å². The third-order valence-corrected chi connectivity index (χ3v) is 3.66. The van der Waals surface area contributed by atoms with E-state index in [9.17, 15) is 4.79 Å². The van der Waals surface area contributed by atoms with Crippen LogP contribution >= 0.6 is 11.8 Å². The topological polar surface area (TPSA) is 64.3 Å². The number of thioether (sulfide) groups is 1. The summed E-state index contributed by atoms with van der Waals surface area (Å²) in [6.45, 7) is 0. The molecule has 0 saturated heterocycles. The predicted octanol–water partition coefficient (Wildman–Crippen LogP) is 3.01. The molecule has 5 heteroatoms. The number of rotatable bonds is 5. The highest BCUT2D eigenvalue weighted by Crippen LogP contribution is 2.25. The molecule has 2 rings (SSSR count). The molecule has 0 saturated carbocycles. The molecule has 0 spiro atoms. The summed E-state index contributed by atoms with van der Waals surface area (Å²) in [5.41, 5.74) is 6.91. The minimum absolute atomic E-state index is 0.0983. The number of methoxy groups -OCH3 is 1. The number of nitrogen functional groups attached to an aromatic ring is 1. The molecule has 0 aliphatic rings. The van der Waals surface area contributed by atoms with Crippen molar-refractivity contribution in [1.82, 2.24) is 0 Å². The van der Waals surface area contributed by atoms with Gasteiger partial charge in [0.25, 0.3) is 0 Å². The van der Waals surface area contributed by atoms with Gasteiger partial charge in [0, 0.05) is 11.0 Å². The molecule has 3 N–H and O–H groups in total. The van der Waals surface area contributed by atoms with E-state index in [1.54, 1.807) is 25.3 Å². The van der Waals surface area contributed by atoms with Crippen LogP contribution in [-0.4, -0.2) is 18.8 Å². The molecule has 0 aliphatic heterocycles. The van der Waals surface area contributed by atoms with Crippen LogP contribution in [0.15, 0.2) is 53.4 Å². The van der Waals surface area contributed by atoms with Crippen LogP contribution in [0.25, 0.3) is 0 Å². The minimum atomic E-state index is -0.0983. The average Bonchev–Trinajstić information content (AvgIpc) is 2.48. The molecular formula is C15H16N2O2S. The summed E-state index contributed by atoms with van der Waals surface area (Å²) in [4.78, 5) is 13.0. The number of anilines is 2. The van der Waals surface area contributed by atoms with Gasteiger partial charge in [-0.05, 0) is 24.3 Å². The predicted molar refractivity (Wildman–Crippen MR) is 83.2 cm³/mol. The first-order valence-electron chi connectivity index (χ1n) is 6.10. The van der Waals surface area contributed by atoms with E-state index in [-0.39, 0.29) is 5.91 Å². The maximum atomic E-state index is 11.9. The number of hydrogen-bond acceptors (Lipinski definition) is 4. The summed E-state index contributed by atoms with van der Waals surface area (Å²) in [5, 5.41) is 2.79. The van der Waals surface area contributed by atoms with E-state index in [0.29, 0.717) is 22.9 Å². The Hall–Kier alpha value is -2.14. The largest absolute Gasteiger partial charge is 0.497 e. The molecule has 0 bridgehead atoms. The second-order valence-corrected chi connectivity index (χ2v) is 5.15. The minimum Gasteiger partial charge on any atom is -0.497 e. The van der Waals surface area contributed by atoms with Crippen LogP contribution in [0.5, 0.6) is 5.75 Å². The van der Waals surface area contributed by atoms with Crippen LogP contribution < -0.4 is 15.8 Å². The molecule has 0 atom stereocenters. The highest BCUT2D eigenvalue weighted by atomic mass is 32.2. The fraction of sp³-hybridized carbons (Fsp3) is 0.133. The molecule has 0 aliphatic carbocycles. The second kappa shape index (κ2) is 6.86. The van der Waals surface area contributed by atoms with Crippen LogP contribution in [0.1, 0.15) is 0 Å². The Morgan fingerprint density at radius 2 is 2.00 bits per heavy atom. The van der Waals surface area contributed by atoms with E-state index < -0.39 is 0 Å². The van der Waals surface area contributed by atoms with E-state index in [0.717, 1.165) is 4.90 Å². The number of nitrogens with two attached hydrogens (primary N) is 1. The van der Waals surface area contributed by atoms with Crippen molar-refractivity contribution in [2.75, 3.05) is 23.9 Å². The summed E-state index contributed by atoms with van der Waals surface area (Å²) in [5.74, 6) is 0.893. The molecule has 2 aromatic rings. The normalized spacial score (nSPS) is 10.1. The molecule has 0 unspecified atom stereocenters. The quantitative estimate of drug-likeness (QED) is 0.655. The first-order valence-corrected chi connectivity index (χ1v) is 7.09. The van der Waals surface area contributed by atoms with Crippen molar-refractivity contribution in [1.29, 1.82) is 0 Å². The van der Waals surface area contributed by atoms with Gasteiger partial charge in [0.05, 0.1) is 24.2 Å². The van der Waals surface area contributed by atoms with Crippen molar-refractivity contribution < 1.29 is 9.53 Å². The lowest BCUT2D eigenvalue weighted by Gasteiger charge is -2.09. The van der Waals surface area contributed by atoms with Crippen molar-refractivity contribution in [2.24, 2.45) is 0 Å². The lowest BCUT2D eigenvalue weighted by Crippen LogP contribution is -2.15. The van der Waals surface area contributed by atoms with Crippen molar-refractivity contribution >= 4 is 29.0 Å². The first kappa shape index (κ1) is 14.3. The summed E-state index contributed by atoms with van der Waals surface area (Å²) < 4.78 is 5.11. The Balaban J connectivity index is 1.94. The standard InChI is InChI=1S/C15H16N2O2S/c1-19-11-7-8-13(16)14(9-11)17-15(18)10-20-12-5-3-2-4-6-12/h2-9H,10,16H2,1H3,(H,17,18). The fourth-order valence-electron chi connectivity index (χ4n) is 1.62. The number of nitrogens with one attached hydrogen (secondary N) is 1. The highest BCUT2D eigenvalue weighted by Gasteiger charge is 2.07. The van der Waals surface area contributed by atoms with Crippen molar-refractivity contribution in [3.8, 4) is 5.75 Å². The number of amides is 1. The number of hydrogen-bond donors (Lipinski definition) is 2. The van der Waals surface area contributed by atoms with E-state index in [4.69, 9.17) is 10.5 Å². The molecule has 0 aromatic heterocycles. The molecule has 20 heavy (non-hydrogen) atoms. The Morgan fingerprint density at radius 1 is 1.25 bits per heavy atom. The van der Waals surface area contributed by atoms with Crippen LogP contribution in [-0.2, 0) is 4.79 Å². The van der Waals surface area contributed by atoms with Gasteiger partial charge in [-0.25, -0.2) is 0 Å². The van der Waals surface area contributed by atoms with E-state index in [2.05, 4.69) is 5.32 Å². The number of carbonyl (C=O) groups excluding carboxylic acids is 1. The average molecular weight is 288 g/mol. The Labute approximate surface area is 122 Å². The highest BCUT2D eigenvalue weighted by molar-refractivity contribution is 8.00. The monoisotopic (exact) mass is 288 g/mol. The first-order chi connectivity index (χ1) is 9.69. The van der Waals surface area contributed by atoms with Crippen molar-refractivity contribution in [2.45, 2.75) is 4.90 Å². The molecule has 0 fully saturated rings. The second-order valence-electron chi connectivity index (χ2n) is 4.10. The van der Waals surface area contributed by atoms with Gasteiger partial charge in [0.15, 0.2) is 0 Å². The Morgan fingerprint density at radius 3 is 2.70 bits per heavy atom. The Bertz CT molecular complexity index is 588. The summed E-state index contributed by atoms with van der Waals surface area (Å²) in [6, 6.07) is 14.9. The number of benzene rings is 2. The third-order valence-electron chi connectivity index (χ3n) is 2.65. The van der Waals surface area contributed by atoms with Crippen LogP contribution in [0.4, 0.5) is 11.4 Å². The van der Waals surface area contributed by atoms with Crippen LogP contribution in [0.2, 0.25) is 0 Å². The number of ether oxygens (including phenoxy) is 1. The van der Waals surface area contributed by atoms with Gasteiger partial charge in [-0.1, -0.05) is 18.2 Å². The molecule has 0 heterocycles. The smallest absolute Gasteiger partial charge is 0.234 e. The summed E-state index contributed by atoms with van der Waals surface area (Å²) >= 11 is 1.48. The number of carbonyl (C=O) groups is 1. The Kier molecular flexibility index (Phi) is 4.90. The lowest BCUT2D eigenvalue weighted by atomic mass is 10.2. The third kappa shape index (κ3) is 3.93. The SMILES string of the molecule is COc1ccc(N)c(NC(=O)CSc2ccccc2)c1. The zero-order valence-corrected chi connectivity index (χ0v) is 11.9. The zero-order chi connectivity index (χ0) is 14.4. The van der Waals surface area contributed by atoms with Gasteiger partial charge in [0.1, 0.15) is 5.75 Å². The van der Waals surface area contributed by atoms with Crippen molar-refractivity contribution in [3.05, 3.63) is 48.5 Å². The van der Waals surface area contributed by atoms with Crippen LogP contribution in [0.3, 0.4) is 0 Å². The van der Waals surface area contributed by atoms with Gasteiger partial charge < -0.3 is 15.8 Å². The molecule has 1 amide bonds. The van der Waals surface area contributed by atoms with Crippen molar-refractivity contribution in [3.63, 3.8) is 0 Å². The van der Waals surface area contributed by atoms with E-state index in [1.165, 1.54) is 11.8 Å². The zero-order valence-electron chi connectivity index (χ0n) is 11.1. The molecule has 0 radical (unpaired) electrons. The molecule has 104 valence electrons. The summed E-state index contributed by atoms with van der Waals surface area (Å²) in [7, 11) is 1.57. The van der Waals surface area contributed by atoms with Gasteiger partial charge in [-0.15, -0.1) is 11.8 Å². The van der Waals surface area contributed by atoms with E-state index >= 15 is 0 Å². The summed E-state index contributed by atoms with van der Waals surface area (Å²) in [6.07, 6.45) is 0. The maximum Gasteiger partial charge on any atom is 0.234 e. The molecule has 4 nitrogen and oxygen atoms in total. The lowest BCUT2D eigenvalue weighted by molar-refractivity contribution is -0.113. The van der Waals surface area contributed by atoms with Gasteiger partial charge in [0.2, 0.25) is 5.91 Å². The van der Waals surface area contributed by atoms with Gasteiger partial charge >= 0.3 is 0 Å². The van der Waals surface area contributed by atoms with E-state index in [1.807, 2.05) is 30.3 Å². The van der Waals surface area contributed by atoms with Gasteiger partial charge in [-0.3, -0.25) is 4.79 Å².